The maximum absolute atomic E-state index is 9.27. The fourth-order valence-corrected chi connectivity index (χ4v) is 2.11. The van der Waals surface area contributed by atoms with Gasteiger partial charge < -0.3 is 5.11 Å². The van der Waals surface area contributed by atoms with Crippen molar-refractivity contribution in [1.29, 1.82) is 0 Å². The van der Waals surface area contributed by atoms with Crippen molar-refractivity contribution in [1.82, 2.24) is 4.90 Å². The van der Waals surface area contributed by atoms with Crippen LogP contribution in [0.1, 0.15) is 33.6 Å². The molecule has 0 spiro atoms. The van der Waals surface area contributed by atoms with Crippen molar-refractivity contribution in [3.63, 3.8) is 0 Å². The lowest BCUT2D eigenvalue weighted by Gasteiger charge is -2.37. The Morgan fingerprint density at radius 1 is 1.31 bits per heavy atom. The molecule has 1 N–H and O–H groups in total. The second kappa shape index (κ2) is 4.97. The molecule has 0 amide bonds. The first-order valence-corrected chi connectivity index (χ1v) is 5.50. The highest BCUT2D eigenvalue weighted by molar-refractivity contribution is 4.78. The van der Waals surface area contributed by atoms with Crippen LogP contribution in [0.4, 0.5) is 0 Å². The first-order valence-electron chi connectivity index (χ1n) is 5.50. The summed E-state index contributed by atoms with van der Waals surface area (Å²) in [5, 5.41) is 9.27. The second-order valence-electron chi connectivity index (χ2n) is 4.71. The monoisotopic (exact) mass is 185 g/mol. The molecule has 0 aliphatic carbocycles. The minimum Gasteiger partial charge on any atom is -0.395 e. The van der Waals surface area contributed by atoms with Crippen molar-refractivity contribution in [2.24, 2.45) is 11.8 Å². The molecule has 1 rings (SSSR count). The van der Waals surface area contributed by atoms with E-state index in [0.29, 0.717) is 18.6 Å². The molecular weight excluding hydrogens is 162 g/mol. The smallest absolute Gasteiger partial charge is 0.0589 e. The Hall–Kier alpha value is -0.0800. The van der Waals surface area contributed by atoms with Crippen LogP contribution in [0, 0.1) is 11.8 Å². The molecular formula is C11H23NO. The lowest BCUT2D eigenvalue weighted by Crippen LogP contribution is -2.45. The van der Waals surface area contributed by atoms with E-state index < -0.39 is 0 Å². The maximum atomic E-state index is 9.27. The molecule has 0 bridgehead atoms. The first-order chi connectivity index (χ1) is 6.15. The average molecular weight is 185 g/mol. The molecule has 1 aliphatic rings. The zero-order valence-corrected chi connectivity index (χ0v) is 9.16. The van der Waals surface area contributed by atoms with Gasteiger partial charge in [0.15, 0.2) is 0 Å². The van der Waals surface area contributed by atoms with E-state index in [9.17, 15) is 5.11 Å². The molecule has 1 saturated heterocycles. The molecule has 0 unspecified atom stereocenters. The molecule has 2 heteroatoms. The standard InChI is InChI=1S/C11H23NO/c1-9(2)11(8-13)12-6-4-10(3)5-7-12/h9-11,13H,4-8H2,1-3H3/t11-/m1/s1. The zero-order chi connectivity index (χ0) is 9.84. The summed E-state index contributed by atoms with van der Waals surface area (Å²) in [6.07, 6.45) is 2.59. The van der Waals surface area contributed by atoms with Crippen LogP contribution in [0.5, 0.6) is 0 Å². The van der Waals surface area contributed by atoms with E-state index >= 15 is 0 Å². The van der Waals surface area contributed by atoms with Gasteiger partial charge in [0.05, 0.1) is 6.61 Å². The summed E-state index contributed by atoms with van der Waals surface area (Å²) in [4.78, 5) is 2.45. The fraction of sp³-hybridized carbons (Fsp3) is 1.00. The second-order valence-corrected chi connectivity index (χ2v) is 4.71. The van der Waals surface area contributed by atoms with Gasteiger partial charge in [-0.2, -0.15) is 0 Å². The molecule has 0 aromatic heterocycles. The van der Waals surface area contributed by atoms with Crippen LogP contribution in [0.2, 0.25) is 0 Å². The number of rotatable bonds is 3. The third kappa shape index (κ3) is 2.96. The molecule has 1 aliphatic heterocycles. The molecule has 2 nitrogen and oxygen atoms in total. The number of nitrogens with zero attached hydrogens (tertiary/aromatic N) is 1. The van der Waals surface area contributed by atoms with E-state index in [1.165, 1.54) is 25.9 Å². The van der Waals surface area contributed by atoms with Crippen LogP contribution < -0.4 is 0 Å². The largest absolute Gasteiger partial charge is 0.395 e. The Morgan fingerprint density at radius 3 is 2.23 bits per heavy atom. The van der Waals surface area contributed by atoms with Crippen molar-refractivity contribution in [3.05, 3.63) is 0 Å². The molecule has 0 saturated carbocycles. The van der Waals surface area contributed by atoms with Gasteiger partial charge in [0.2, 0.25) is 0 Å². The third-order valence-electron chi connectivity index (χ3n) is 3.24. The van der Waals surface area contributed by atoms with Crippen LogP contribution in [-0.2, 0) is 0 Å². The molecule has 78 valence electrons. The molecule has 1 atom stereocenters. The minimum atomic E-state index is 0.312. The topological polar surface area (TPSA) is 23.5 Å². The van der Waals surface area contributed by atoms with Gasteiger partial charge in [-0.15, -0.1) is 0 Å². The number of hydrogen-bond acceptors (Lipinski definition) is 2. The van der Waals surface area contributed by atoms with E-state index in [1.54, 1.807) is 0 Å². The third-order valence-corrected chi connectivity index (χ3v) is 3.24. The molecule has 1 heterocycles. The predicted molar refractivity (Wildman–Crippen MR) is 55.7 cm³/mol. The van der Waals surface area contributed by atoms with Crippen molar-refractivity contribution < 1.29 is 5.11 Å². The summed E-state index contributed by atoms with van der Waals surface area (Å²) in [5.41, 5.74) is 0. The normalized spacial score (nSPS) is 23.8. The van der Waals surface area contributed by atoms with Gasteiger partial charge in [-0.3, -0.25) is 4.90 Å². The summed E-state index contributed by atoms with van der Waals surface area (Å²) in [6, 6.07) is 0.382. The molecule has 0 aromatic rings. The van der Waals surface area contributed by atoms with Gasteiger partial charge in [-0.1, -0.05) is 20.8 Å². The maximum Gasteiger partial charge on any atom is 0.0589 e. The van der Waals surface area contributed by atoms with E-state index in [0.717, 1.165) is 5.92 Å². The van der Waals surface area contributed by atoms with Gasteiger partial charge in [0.25, 0.3) is 0 Å². The summed E-state index contributed by atoms with van der Waals surface area (Å²) in [5.74, 6) is 1.45. The van der Waals surface area contributed by atoms with Gasteiger partial charge in [0, 0.05) is 6.04 Å². The number of aliphatic hydroxyl groups excluding tert-OH is 1. The molecule has 1 fully saturated rings. The van der Waals surface area contributed by atoms with Crippen molar-refractivity contribution >= 4 is 0 Å². The van der Waals surface area contributed by atoms with Crippen LogP contribution >= 0.6 is 0 Å². The molecule has 0 radical (unpaired) electrons. The van der Waals surface area contributed by atoms with Crippen molar-refractivity contribution in [2.45, 2.75) is 39.7 Å². The van der Waals surface area contributed by atoms with Gasteiger partial charge >= 0.3 is 0 Å². The highest BCUT2D eigenvalue weighted by Crippen LogP contribution is 2.20. The van der Waals surface area contributed by atoms with Crippen LogP contribution in [0.3, 0.4) is 0 Å². The quantitative estimate of drug-likeness (QED) is 0.724. The summed E-state index contributed by atoms with van der Waals surface area (Å²) in [6.45, 7) is 9.36. The summed E-state index contributed by atoms with van der Waals surface area (Å²) < 4.78 is 0. The van der Waals surface area contributed by atoms with Gasteiger partial charge in [-0.25, -0.2) is 0 Å². The Balaban J connectivity index is 2.41. The zero-order valence-electron chi connectivity index (χ0n) is 9.16. The summed E-state index contributed by atoms with van der Waals surface area (Å²) in [7, 11) is 0. The van der Waals surface area contributed by atoms with E-state index in [4.69, 9.17) is 0 Å². The Kier molecular flexibility index (Phi) is 4.20. The Bertz CT molecular complexity index is 139. The minimum absolute atomic E-state index is 0.312. The van der Waals surface area contributed by atoms with Gasteiger partial charge in [-0.05, 0) is 37.8 Å². The highest BCUT2D eigenvalue weighted by atomic mass is 16.3. The molecule has 0 aromatic carbocycles. The summed E-state index contributed by atoms with van der Waals surface area (Å²) >= 11 is 0. The Labute approximate surface area is 81.9 Å². The van der Waals surface area contributed by atoms with E-state index in [1.807, 2.05) is 0 Å². The first kappa shape index (κ1) is 11.0. The van der Waals surface area contributed by atoms with Crippen LogP contribution in [-0.4, -0.2) is 35.7 Å². The number of likely N-dealkylation sites (tertiary alicyclic amines) is 1. The number of piperidine rings is 1. The lowest BCUT2D eigenvalue weighted by atomic mass is 9.95. The van der Waals surface area contributed by atoms with E-state index in [2.05, 4.69) is 25.7 Å². The van der Waals surface area contributed by atoms with Gasteiger partial charge in [0.1, 0.15) is 0 Å². The lowest BCUT2D eigenvalue weighted by molar-refractivity contribution is 0.0634. The van der Waals surface area contributed by atoms with Crippen LogP contribution in [0.25, 0.3) is 0 Å². The average Bonchev–Trinajstić information content (AvgIpc) is 2.09. The number of hydrogen-bond donors (Lipinski definition) is 1. The SMILES string of the molecule is CC1CCN([C@H](CO)C(C)C)CC1. The fourth-order valence-electron chi connectivity index (χ4n) is 2.11. The predicted octanol–water partition coefficient (Wildman–Crippen LogP) is 1.74. The molecule has 13 heavy (non-hydrogen) atoms. The van der Waals surface area contributed by atoms with Crippen molar-refractivity contribution in [3.8, 4) is 0 Å². The van der Waals surface area contributed by atoms with E-state index in [-0.39, 0.29) is 0 Å². The van der Waals surface area contributed by atoms with Crippen molar-refractivity contribution in [2.75, 3.05) is 19.7 Å². The highest BCUT2D eigenvalue weighted by Gasteiger charge is 2.24. The Morgan fingerprint density at radius 2 is 1.85 bits per heavy atom. The van der Waals surface area contributed by atoms with Crippen LogP contribution in [0.15, 0.2) is 0 Å². The number of aliphatic hydroxyl groups is 1.